The van der Waals surface area contributed by atoms with Crippen LogP contribution in [-0.2, 0) is 19.2 Å². The highest BCUT2D eigenvalue weighted by Crippen LogP contribution is 2.40. The summed E-state index contributed by atoms with van der Waals surface area (Å²) in [5.41, 5.74) is 7.07. The normalized spacial score (nSPS) is 20.5. The van der Waals surface area contributed by atoms with Crippen LogP contribution >= 0.6 is 23.1 Å². The van der Waals surface area contributed by atoms with Gasteiger partial charge in [-0.15, -0.1) is 23.1 Å². The van der Waals surface area contributed by atoms with E-state index in [-0.39, 0.29) is 22.2 Å². The largest absolute Gasteiger partial charge is 0.477 e. The molecule has 0 bridgehead atoms. The summed E-state index contributed by atoms with van der Waals surface area (Å²) in [5, 5.41) is 17.4. The van der Waals surface area contributed by atoms with Crippen LogP contribution in [0.25, 0.3) is 6.08 Å². The number of anilines is 1. The second-order valence-corrected chi connectivity index (χ2v) is 8.97. The van der Waals surface area contributed by atoms with Crippen molar-refractivity contribution in [2.24, 2.45) is 5.16 Å². The number of nitrogen functional groups attached to an aromatic ring is 1. The smallest absolute Gasteiger partial charge is 0.352 e. The van der Waals surface area contributed by atoms with Crippen LogP contribution in [0.3, 0.4) is 0 Å². The summed E-state index contributed by atoms with van der Waals surface area (Å²) in [4.78, 5) is 47.6. The molecule has 1 fully saturated rings. The average Bonchev–Trinajstić information content (AvgIpc) is 3.25. The predicted molar refractivity (Wildman–Crippen MR) is 125 cm³/mol. The van der Waals surface area contributed by atoms with Crippen LogP contribution in [0.1, 0.15) is 11.3 Å². The molecule has 0 saturated carbocycles. The van der Waals surface area contributed by atoms with Gasteiger partial charge in [0.05, 0.1) is 0 Å². The number of nitrogens with two attached hydrogens (primary N) is 1. The van der Waals surface area contributed by atoms with Crippen molar-refractivity contribution in [3.05, 3.63) is 64.3 Å². The minimum Gasteiger partial charge on any atom is -0.477 e. The number of carboxylic acids is 1. The van der Waals surface area contributed by atoms with E-state index in [1.54, 1.807) is 17.5 Å². The number of carboxylic acid groups (broad SMARTS) is 1. The van der Waals surface area contributed by atoms with Gasteiger partial charge in [0.25, 0.3) is 11.8 Å². The molecule has 2 aliphatic rings. The summed E-state index contributed by atoms with van der Waals surface area (Å²) in [5.74, 6) is -2.02. The monoisotopic (exact) mass is 485 g/mol. The molecule has 4 N–H and O–H groups in total. The molecule has 0 aliphatic carbocycles. The lowest BCUT2D eigenvalue weighted by molar-refractivity contribution is -0.150. The van der Waals surface area contributed by atoms with Gasteiger partial charge in [0.2, 0.25) is 0 Å². The van der Waals surface area contributed by atoms with E-state index < -0.39 is 29.2 Å². The molecule has 1 aromatic carbocycles. The Bertz CT molecular complexity index is 1190. The van der Waals surface area contributed by atoms with Gasteiger partial charge in [-0.05, 0) is 11.1 Å². The van der Waals surface area contributed by atoms with Gasteiger partial charge in [0.1, 0.15) is 29.9 Å². The van der Waals surface area contributed by atoms with Crippen LogP contribution in [0.5, 0.6) is 0 Å². The van der Waals surface area contributed by atoms with Gasteiger partial charge in [-0.2, -0.15) is 0 Å². The SMILES string of the molecule is CON=C(C(=O)NC1C(=O)N2C(C(=O)O)=C(C=Cc3ccccc3)CS[C@H]12)c1csc(N)n1. The van der Waals surface area contributed by atoms with Crippen molar-refractivity contribution in [3.8, 4) is 0 Å². The van der Waals surface area contributed by atoms with Gasteiger partial charge in [-0.1, -0.05) is 47.6 Å². The molecule has 1 unspecified atom stereocenters. The number of hydrogen-bond acceptors (Lipinski definition) is 9. The maximum absolute atomic E-state index is 12.9. The third-order valence-electron chi connectivity index (χ3n) is 4.93. The number of carbonyl (C=O) groups excluding carboxylic acids is 2. The number of thioether (sulfide) groups is 1. The molecule has 0 radical (unpaired) electrons. The number of rotatable bonds is 7. The molecule has 12 heteroatoms. The first-order chi connectivity index (χ1) is 15.9. The summed E-state index contributed by atoms with van der Waals surface area (Å²) >= 11 is 2.50. The Kier molecular flexibility index (Phi) is 6.47. The van der Waals surface area contributed by atoms with Gasteiger partial charge in [-0.3, -0.25) is 14.5 Å². The Morgan fingerprint density at radius 2 is 2.09 bits per heavy atom. The fourth-order valence-electron chi connectivity index (χ4n) is 3.43. The Labute approximate surface area is 196 Å². The van der Waals surface area contributed by atoms with Gasteiger partial charge < -0.3 is 21.0 Å². The zero-order chi connectivity index (χ0) is 23.5. The molecular formula is C21H19N5O5S2. The molecule has 1 saturated heterocycles. The minimum absolute atomic E-state index is 0.0838. The fourth-order valence-corrected chi connectivity index (χ4v) is 5.30. The Morgan fingerprint density at radius 3 is 2.73 bits per heavy atom. The van der Waals surface area contributed by atoms with Crippen LogP contribution < -0.4 is 11.1 Å². The lowest BCUT2D eigenvalue weighted by Crippen LogP contribution is -2.71. The second kappa shape index (κ2) is 9.46. The van der Waals surface area contributed by atoms with Crippen LogP contribution in [0.2, 0.25) is 0 Å². The van der Waals surface area contributed by atoms with Crippen molar-refractivity contribution in [2.75, 3.05) is 18.6 Å². The topological polar surface area (TPSA) is 147 Å². The molecule has 2 aromatic rings. The average molecular weight is 486 g/mol. The summed E-state index contributed by atoms with van der Waals surface area (Å²) in [6, 6.07) is 8.53. The summed E-state index contributed by atoms with van der Waals surface area (Å²) < 4.78 is 0. The first kappa shape index (κ1) is 22.6. The zero-order valence-corrected chi connectivity index (χ0v) is 18.9. The molecule has 170 valence electrons. The van der Waals surface area contributed by atoms with E-state index in [1.165, 1.54) is 23.8 Å². The third-order valence-corrected chi connectivity index (χ3v) is 6.90. The zero-order valence-electron chi connectivity index (χ0n) is 17.3. The number of benzene rings is 1. The lowest BCUT2D eigenvalue weighted by Gasteiger charge is -2.49. The van der Waals surface area contributed by atoms with E-state index >= 15 is 0 Å². The molecular weight excluding hydrogens is 466 g/mol. The van der Waals surface area contributed by atoms with Gasteiger partial charge in [-0.25, -0.2) is 9.78 Å². The van der Waals surface area contributed by atoms with Crippen molar-refractivity contribution in [3.63, 3.8) is 0 Å². The van der Waals surface area contributed by atoms with E-state index in [4.69, 9.17) is 10.6 Å². The van der Waals surface area contributed by atoms with Crippen molar-refractivity contribution >= 4 is 57.8 Å². The molecule has 1 aromatic heterocycles. The first-order valence-electron chi connectivity index (χ1n) is 9.68. The summed E-state index contributed by atoms with van der Waals surface area (Å²) in [7, 11) is 1.28. The van der Waals surface area contributed by atoms with Crippen LogP contribution in [0.4, 0.5) is 5.13 Å². The van der Waals surface area contributed by atoms with Crippen molar-refractivity contribution in [1.82, 2.24) is 15.2 Å². The predicted octanol–water partition coefficient (Wildman–Crippen LogP) is 1.53. The number of carbonyl (C=O) groups is 3. The molecule has 33 heavy (non-hydrogen) atoms. The molecule has 3 heterocycles. The number of aliphatic carboxylic acids is 1. The minimum atomic E-state index is -1.20. The molecule has 2 atom stereocenters. The Hall–Kier alpha value is -3.64. The van der Waals surface area contributed by atoms with Crippen LogP contribution in [-0.4, -0.2) is 62.8 Å². The third kappa shape index (κ3) is 4.47. The highest BCUT2D eigenvalue weighted by atomic mass is 32.2. The number of β-lactam (4-membered cyclic amide) rings is 1. The van der Waals surface area contributed by atoms with E-state index in [0.29, 0.717) is 11.3 Å². The first-order valence-corrected chi connectivity index (χ1v) is 11.6. The van der Waals surface area contributed by atoms with Crippen molar-refractivity contribution in [1.29, 1.82) is 0 Å². The van der Waals surface area contributed by atoms with E-state index in [9.17, 15) is 19.5 Å². The molecule has 0 spiro atoms. The number of thiazole rings is 1. The number of fused-ring (bicyclic) bond motifs is 1. The Balaban J connectivity index is 1.53. The number of aromatic nitrogens is 1. The van der Waals surface area contributed by atoms with Gasteiger partial charge in [0.15, 0.2) is 10.8 Å². The maximum Gasteiger partial charge on any atom is 0.352 e. The Morgan fingerprint density at radius 1 is 1.33 bits per heavy atom. The van der Waals surface area contributed by atoms with Crippen molar-refractivity contribution < 1.29 is 24.3 Å². The maximum atomic E-state index is 12.9. The quantitative estimate of drug-likeness (QED) is 0.304. The van der Waals surface area contributed by atoms with Crippen molar-refractivity contribution in [2.45, 2.75) is 11.4 Å². The number of amides is 2. The molecule has 10 nitrogen and oxygen atoms in total. The molecule has 2 amide bonds. The van der Waals surface area contributed by atoms with E-state index in [1.807, 2.05) is 30.3 Å². The fraction of sp³-hybridized carbons (Fsp3) is 0.190. The highest BCUT2D eigenvalue weighted by Gasteiger charge is 2.54. The van der Waals surface area contributed by atoms with E-state index in [0.717, 1.165) is 16.9 Å². The number of oxime groups is 1. The van der Waals surface area contributed by atoms with Gasteiger partial charge in [0, 0.05) is 11.1 Å². The highest BCUT2D eigenvalue weighted by molar-refractivity contribution is 8.00. The number of nitrogens with zero attached hydrogens (tertiary/aromatic N) is 3. The number of allylic oxidation sites excluding steroid dienone is 1. The van der Waals surface area contributed by atoms with E-state index in [2.05, 4.69) is 15.5 Å². The molecule has 4 rings (SSSR count). The number of hydrogen-bond donors (Lipinski definition) is 3. The lowest BCUT2D eigenvalue weighted by atomic mass is 10.0. The summed E-state index contributed by atoms with van der Waals surface area (Å²) in [6.45, 7) is 0. The molecule has 2 aliphatic heterocycles. The standard InChI is InChI=1S/C21H19N5O5S2/c1-31-25-14(13-10-33-21(22)23-13)17(27)24-15-18(28)26-16(20(29)30)12(9-32-19(15)26)8-7-11-5-3-2-4-6-11/h2-8,10,15,19H,9H2,1H3,(H2,22,23)(H,24,27)(H,29,30)/t15?,19-/m1/s1. The second-order valence-electron chi connectivity index (χ2n) is 6.98. The van der Waals surface area contributed by atoms with Gasteiger partial charge >= 0.3 is 5.97 Å². The summed E-state index contributed by atoms with van der Waals surface area (Å²) in [6.07, 6.45) is 3.51. The number of nitrogens with one attached hydrogen (secondary N) is 1. The van der Waals surface area contributed by atoms with Crippen LogP contribution in [0.15, 0.2) is 58.2 Å². The van der Waals surface area contributed by atoms with Crippen LogP contribution in [0, 0.1) is 0 Å².